The van der Waals surface area contributed by atoms with Crippen molar-refractivity contribution in [2.45, 2.75) is 25.5 Å². The van der Waals surface area contributed by atoms with E-state index in [1.165, 1.54) is 17.7 Å². The predicted octanol–water partition coefficient (Wildman–Crippen LogP) is 0.379. The number of halogens is 1. The van der Waals surface area contributed by atoms with Crippen molar-refractivity contribution in [2.75, 3.05) is 6.61 Å². The fraction of sp³-hybridized carbons (Fsp3) is 0.600. The summed E-state index contributed by atoms with van der Waals surface area (Å²) in [5.74, 6) is 0. The molecule has 1 aliphatic heterocycles. The first-order valence-corrected chi connectivity index (χ1v) is 5.55. The Kier molecular flexibility index (Phi) is 3.16. The molecule has 0 radical (unpaired) electrons. The van der Waals surface area contributed by atoms with Crippen LogP contribution in [0.15, 0.2) is 15.7 Å². The molecule has 0 amide bonds. The Balaban J connectivity index is 2.36. The summed E-state index contributed by atoms with van der Waals surface area (Å²) in [7, 11) is 1.44. The van der Waals surface area contributed by atoms with E-state index >= 15 is 0 Å². The van der Waals surface area contributed by atoms with Crippen LogP contribution in [-0.4, -0.2) is 21.8 Å². The van der Waals surface area contributed by atoms with E-state index in [4.69, 9.17) is 16.3 Å². The second-order valence-electron chi connectivity index (χ2n) is 3.89. The van der Waals surface area contributed by atoms with E-state index in [2.05, 4.69) is 0 Å². The van der Waals surface area contributed by atoms with Gasteiger partial charge in [-0.1, -0.05) is 11.6 Å². The van der Waals surface area contributed by atoms with Crippen molar-refractivity contribution in [2.24, 2.45) is 7.05 Å². The van der Waals surface area contributed by atoms with Gasteiger partial charge in [0.1, 0.15) is 5.15 Å². The van der Waals surface area contributed by atoms with Crippen molar-refractivity contribution in [3.8, 4) is 0 Å². The molecule has 0 N–H and O–H groups in total. The van der Waals surface area contributed by atoms with E-state index in [0.29, 0.717) is 6.54 Å². The number of hydrogen-bond donors (Lipinski definition) is 0. The molecule has 2 rings (SSSR count). The molecule has 16 heavy (non-hydrogen) atoms. The predicted molar refractivity (Wildman–Crippen MR) is 59.9 cm³/mol. The SMILES string of the molecule is Cn1c(=O)cc(Cl)n(CC2CCCO2)c1=O. The fourth-order valence-electron chi connectivity index (χ4n) is 1.80. The molecule has 2 heterocycles. The normalized spacial score (nSPS) is 20.2. The third-order valence-electron chi connectivity index (χ3n) is 2.76. The zero-order valence-corrected chi connectivity index (χ0v) is 9.74. The standard InChI is InChI=1S/C10H13ClN2O3/c1-12-9(14)5-8(11)13(10(12)15)6-7-3-2-4-16-7/h5,7H,2-4,6H2,1H3. The van der Waals surface area contributed by atoms with E-state index in [-0.39, 0.29) is 11.3 Å². The summed E-state index contributed by atoms with van der Waals surface area (Å²) in [5.41, 5.74) is -0.786. The second-order valence-corrected chi connectivity index (χ2v) is 4.28. The lowest BCUT2D eigenvalue weighted by molar-refractivity contribution is 0.0955. The van der Waals surface area contributed by atoms with Gasteiger partial charge in [0, 0.05) is 19.7 Å². The molecular formula is C10H13ClN2O3. The van der Waals surface area contributed by atoms with Crippen molar-refractivity contribution in [1.29, 1.82) is 0 Å². The highest BCUT2D eigenvalue weighted by Gasteiger charge is 2.18. The zero-order valence-electron chi connectivity index (χ0n) is 8.98. The highest BCUT2D eigenvalue weighted by Crippen LogP contribution is 2.14. The maximum atomic E-state index is 11.8. The van der Waals surface area contributed by atoms with Gasteiger partial charge in [0.15, 0.2) is 0 Å². The van der Waals surface area contributed by atoms with Crippen LogP contribution in [0.5, 0.6) is 0 Å². The van der Waals surface area contributed by atoms with Crippen molar-refractivity contribution in [3.05, 3.63) is 32.1 Å². The number of aromatic nitrogens is 2. The van der Waals surface area contributed by atoms with Crippen LogP contribution in [0.25, 0.3) is 0 Å². The van der Waals surface area contributed by atoms with Gasteiger partial charge in [0.2, 0.25) is 0 Å². The molecule has 0 spiro atoms. The molecular weight excluding hydrogens is 232 g/mol. The lowest BCUT2D eigenvalue weighted by Gasteiger charge is -2.13. The molecule has 0 aliphatic carbocycles. The molecule has 1 aliphatic rings. The molecule has 1 saturated heterocycles. The summed E-state index contributed by atoms with van der Waals surface area (Å²) in [6.45, 7) is 1.13. The Morgan fingerprint density at radius 2 is 2.31 bits per heavy atom. The first kappa shape index (κ1) is 11.4. The monoisotopic (exact) mass is 244 g/mol. The van der Waals surface area contributed by atoms with Gasteiger partial charge in [-0.2, -0.15) is 0 Å². The number of hydrogen-bond acceptors (Lipinski definition) is 3. The molecule has 0 aromatic carbocycles. The largest absolute Gasteiger partial charge is 0.376 e. The summed E-state index contributed by atoms with van der Waals surface area (Å²) in [6, 6.07) is 1.25. The van der Waals surface area contributed by atoms with Crippen LogP contribution in [0.2, 0.25) is 5.15 Å². The van der Waals surface area contributed by atoms with Crippen molar-refractivity contribution < 1.29 is 4.74 Å². The van der Waals surface area contributed by atoms with E-state index in [0.717, 1.165) is 24.0 Å². The molecule has 1 fully saturated rings. The van der Waals surface area contributed by atoms with Gasteiger partial charge < -0.3 is 4.74 Å². The lowest BCUT2D eigenvalue weighted by atomic mass is 10.2. The fourth-order valence-corrected chi connectivity index (χ4v) is 2.04. The van der Waals surface area contributed by atoms with Crippen LogP contribution in [0.4, 0.5) is 0 Å². The summed E-state index contributed by atoms with van der Waals surface area (Å²) < 4.78 is 7.85. The number of rotatable bonds is 2. The minimum absolute atomic E-state index is 0.0210. The van der Waals surface area contributed by atoms with Gasteiger partial charge in [-0.25, -0.2) is 4.79 Å². The summed E-state index contributed by atoms with van der Waals surface area (Å²) in [5, 5.41) is 0.170. The maximum Gasteiger partial charge on any atom is 0.331 e. The van der Waals surface area contributed by atoms with Crippen molar-refractivity contribution in [3.63, 3.8) is 0 Å². The molecule has 88 valence electrons. The van der Waals surface area contributed by atoms with Gasteiger partial charge in [0.05, 0.1) is 12.6 Å². The summed E-state index contributed by atoms with van der Waals surface area (Å²) in [6.07, 6.45) is 1.95. The van der Waals surface area contributed by atoms with Crippen LogP contribution in [0, 0.1) is 0 Å². The molecule has 0 saturated carbocycles. The van der Waals surface area contributed by atoms with Gasteiger partial charge in [-0.3, -0.25) is 13.9 Å². The summed E-state index contributed by atoms with van der Waals surface area (Å²) >= 11 is 5.88. The van der Waals surface area contributed by atoms with Crippen molar-refractivity contribution in [1.82, 2.24) is 9.13 Å². The first-order chi connectivity index (χ1) is 7.59. The van der Waals surface area contributed by atoms with E-state index in [1.807, 2.05) is 0 Å². The van der Waals surface area contributed by atoms with Crippen LogP contribution >= 0.6 is 11.6 Å². The average Bonchev–Trinajstić information content (AvgIpc) is 2.74. The molecule has 1 unspecified atom stereocenters. The first-order valence-electron chi connectivity index (χ1n) is 5.17. The Morgan fingerprint density at radius 1 is 1.56 bits per heavy atom. The second kappa shape index (κ2) is 4.43. The Labute approximate surface area is 97.2 Å². The van der Waals surface area contributed by atoms with E-state index in [1.54, 1.807) is 0 Å². The molecule has 1 aromatic heterocycles. The van der Waals surface area contributed by atoms with Crippen molar-refractivity contribution >= 4 is 11.6 Å². The van der Waals surface area contributed by atoms with Gasteiger partial charge in [-0.05, 0) is 12.8 Å². The number of nitrogens with zero attached hydrogens (tertiary/aromatic N) is 2. The highest BCUT2D eigenvalue weighted by molar-refractivity contribution is 6.29. The van der Waals surface area contributed by atoms with Crippen LogP contribution in [0.1, 0.15) is 12.8 Å². The molecule has 6 heteroatoms. The highest BCUT2D eigenvalue weighted by atomic mass is 35.5. The third kappa shape index (κ3) is 2.05. The molecule has 5 nitrogen and oxygen atoms in total. The smallest absolute Gasteiger partial charge is 0.331 e. The molecule has 0 bridgehead atoms. The zero-order chi connectivity index (χ0) is 11.7. The molecule has 1 atom stereocenters. The average molecular weight is 245 g/mol. The molecule has 1 aromatic rings. The minimum Gasteiger partial charge on any atom is -0.376 e. The Morgan fingerprint density at radius 3 is 2.94 bits per heavy atom. The van der Waals surface area contributed by atoms with E-state index in [9.17, 15) is 9.59 Å². The Bertz CT molecular complexity index is 500. The van der Waals surface area contributed by atoms with Crippen LogP contribution in [0.3, 0.4) is 0 Å². The maximum absolute atomic E-state index is 11.8. The quantitative estimate of drug-likeness (QED) is 0.707. The van der Waals surface area contributed by atoms with Gasteiger partial charge in [0.25, 0.3) is 5.56 Å². The Hall–Kier alpha value is -1.07. The van der Waals surface area contributed by atoms with Crippen LogP contribution < -0.4 is 11.2 Å². The topological polar surface area (TPSA) is 53.2 Å². The third-order valence-corrected chi connectivity index (χ3v) is 3.07. The van der Waals surface area contributed by atoms with E-state index < -0.39 is 11.2 Å². The minimum atomic E-state index is -0.395. The van der Waals surface area contributed by atoms with Gasteiger partial charge in [-0.15, -0.1) is 0 Å². The van der Waals surface area contributed by atoms with Gasteiger partial charge >= 0.3 is 5.69 Å². The summed E-state index contributed by atoms with van der Waals surface area (Å²) in [4.78, 5) is 23.1. The van der Waals surface area contributed by atoms with Crippen LogP contribution in [-0.2, 0) is 18.3 Å². The lowest BCUT2D eigenvalue weighted by Crippen LogP contribution is -2.39. The number of ether oxygens (including phenoxy) is 1.